The van der Waals surface area contributed by atoms with E-state index in [0.29, 0.717) is 24.9 Å². The molecule has 0 aromatic heterocycles. The zero-order valence-corrected chi connectivity index (χ0v) is 9.96. The molecule has 1 aliphatic rings. The number of rotatable bonds is 4. The summed E-state index contributed by atoms with van der Waals surface area (Å²) in [7, 11) is 0. The maximum Gasteiger partial charge on any atom is 0.220 e. The average Bonchev–Trinajstić information content (AvgIpc) is 2.17. The highest BCUT2D eigenvalue weighted by molar-refractivity contribution is 5.76. The van der Waals surface area contributed by atoms with E-state index in [2.05, 4.69) is 12.2 Å². The Morgan fingerprint density at radius 3 is 2.87 bits per heavy atom. The molecule has 1 rings (SSSR count). The number of hydrogen-bond donors (Lipinski definition) is 2. The highest BCUT2D eigenvalue weighted by Gasteiger charge is 2.20. The standard InChI is InChI=1S/C12H24N2O/c1-9-4-3-5-11(6-9)14-12(15)7-10(2)8-13/h9-11H,3-8,13H2,1-2H3,(H,14,15). The van der Waals surface area contributed by atoms with Gasteiger partial charge in [-0.2, -0.15) is 0 Å². The van der Waals surface area contributed by atoms with Crippen LogP contribution in [0.4, 0.5) is 0 Å². The molecule has 1 saturated carbocycles. The van der Waals surface area contributed by atoms with Crippen molar-refractivity contribution in [1.82, 2.24) is 5.32 Å². The van der Waals surface area contributed by atoms with Gasteiger partial charge in [-0.15, -0.1) is 0 Å². The van der Waals surface area contributed by atoms with Crippen molar-refractivity contribution in [2.75, 3.05) is 6.54 Å². The molecule has 3 N–H and O–H groups in total. The summed E-state index contributed by atoms with van der Waals surface area (Å²) in [6, 6.07) is 0.409. The summed E-state index contributed by atoms with van der Waals surface area (Å²) in [5, 5.41) is 3.12. The Labute approximate surface area is 92.8 Å². The summed E-state index contributed by atoms with van der Waals surface area (Å²) in [5.41, 5.74) is 5.50. The molecule has 0 bridgehead atoms. The molecule has 1 amide bonds. The molecule has 1 aliphatic carbocycles. The van der Waals surface area contributed by atoms with E-state index in [-0.39, 0.29) is 5.91 Å². The zero-order chi connectivity index (χ0) is 11.3. The first kappa shape index (κ1) is 12.5. The number of nitrogens with one attached hydrogen (secondary N) is 1. The summed E-state index contributed by atoms with van der Waals surface area (Å²) in [4.78, 5) is 11.6. The molecule has 0 heterocycles. The number of carbonyl (C=O) groups excluding carboxylic acids is 1. The van der Waals surface area contributed by atoms with Crippen LogP contribution in [0.1, 0.15) is 46.0 Å². The molecule has 3 unspecified atom stereocenters. The first-order chi connectivity index (χ1) is 7.11. The molecule has 0 radical (unpaired) electrons. The second kappa shape index (κ2) is 6.11. The van der Waals surface area contributed by atoms with Gasteiger partial charge in [-0.25, -0.2) is 0 Å². The minimum Gasteiger partial charge on any atom is -0.353 e. The van der Waals surface area contributed by atoms with Crippen molar-refractivity contribution in [3.05, 3.63) is 0 Å². The molecule has 3 nitrogen and oxygen atoms in total. The van der Waals surface area contributed by atoms with Crippen molar-refractivity contribution >= 4 is 5.91 Å². The lowest BCUT2D eigenvalue weighted by Crippen LogP contribution is -2.39. The lowest BCUT2D eigenvalue weighted by molar-refractivity contribution is -0.122. The molecular formula is C12H24N2O. The summed E-state index contributed by atoms with van der Waals surface area (Å²) in [6.45, 7) is 4.87. The maximum atomic E-state index is 11.6. The quantitative estimate of drug-likeness (QED) is 0.744. The Balaban J connectivity index is 2.24. The van der Waals surface area contributed by atoms with Gasteiger partial charge >= 0.3 is 0 Å². The van der Waals surface area contributed by atoms with Crippen LogP contribution in [0.25, 0.3) is 0 Å². The summed E-state index contributed by atoms with van der Waals surface area (Å²) in [6.07, 6.45) is 5.42. The van der Waals surface area contributed by atoms with Gasteiger partial charge in [-0.3, -0.25) is 4.79 Å². The fraction of sp³-hybridized carbons (Fsp3) is 0.917. The minimum absolute atomic E-state index is 0.173. The predicted molar refractivity (Wildman–Crippen MR) is 62.4 cm³/mol. The third-order valence-electron chi connectivity index (χ3n) is 3.24. The molecule has 0 aromatic carbocycles. The molecule has 3 atom stereocenters. The lowest BCUT2D eigenvalue weighted by Gasteiger charge is -2.27. The van der Waals surface area contributed by atoms with Crippen LogP contribution < -0.4 is 11.1 Å². The van der Waals surface area contributed by atoms with Crippen LogP contribution in [0.2, 0.25) is 0 Å². The van der Waals surface area contributed by atoms with Gasteiger partial charge in [-0.05, 0) is 31.2 Å². The fourth-order valence-corrected chi connectivity index (χ4v) is 2.25. The van der Waals surface area contributed by atoms with E-state index in [1.807, 2.05) is 6.92 Å². The van der Waals surface area contributed by atoms with Crippen molar-refractivity contribution in [1.29, 1.82) is 0 Å². The van der Waals surface area contributed by atoms with Crippen LogP contribution in [0.3, 0.4) is 0 Å². The average molecular weight is 212 g/mol. The van der Waals surface area contributed by atoms with Crippen LogP contribution in [-0.2, 0) is 4.79 Å². The Morgan fingerprint density at radius 1 is 1.53 bits per heavy atom. The normalized spacial score (nSPS) is 28.5. The molecule has 1 fully saturated rings. The predicted octanol–water partition coefficient (Wildman–Crippen LogP) is 1.67. The van der Waals surface area contributed by atoms with Crippen LogP contribution >= 0.6 is 0 Å². The van der Waals surface area contributed by atoms with Gasteiger partial charge in [0.1, 0.15) is 0 Å². The van der Waals surface area contributed by atoms with Crippen molar-refractivity contribution in [2.24, 2.45) is 17.6 Å². The van der Waals surface area contributed by atoms with Gasteiger partial charge in [0.2, 0.25) is 5.91 Å². The molecular weight excluding hydrogens is 188 g/mol. The van der Waals surface area contributed by atoms with E-state index in [9.17, 15) is 4.79 Å². The van der Waals surface area contributed by atoms with Gasteiger partial charge in [0.15, 0.2) is 0 Å². The van der Waals surface area contributed by atoms with E-state index in [0.717, 1.165) is 18.8 Å². The Bertz CT molecular complexity index is 206. The lowest BCUT2D eigenvalue weighted by atomic mass is 9.87. The van der Waals surface area contributed by atoms with Crippen molar-refractivity contribution in [3.8, 4) is 0 Å². The van der Waals surface area contributed by atoms with Gasteiger partial charge in [0, 0.05) is 12.5 Å². The summed E-state index contributed by atoms with van der Waals surface area (Å²) >= 11 is 0. The van der Waals surface area contributed by atoms with E-state index in [1.165, 1.54) is 12.8 Å². The van der Waals surface area contributed by atoms with Crippen LogP contribution in [-0.4, -0.2) is 18.5 Å². The second-order valence-electron chi connectivity index (χ2n) is 5.08. The fourth-order valence-electron chi connectivity index (χ4n) is 2.25. The third-order valence-corrected chi connectivity index (χ3v) is 3.24. The van der Waals surface area contributed by atoms with Crippen molar-refractivity contribution < 1.29 is 4.79 Å². The van der Waals surface area contributed by atoms with E-state index in [1.54, 1.807) is 0 Å². The van der Waals surface area contributed by atoms with E-state index < -0.39 is 0 Å². The highest BCUT2D eigenvalue weighted by atomic mass is 16.1. The molecule has 0 saturated heterocycles. The molecule has 0 aromatic rings. The van der Waals surface area contributed by atoms with E-state index in [4.69, 9.17) is 5.73 Å². The largest absolute Gasteiger partial charge is 0.353 e. The van der Waals surface area contributed by atoms with Gasteiger partial charge in [0.25, 0.3) is 0 Å². The van der Waals surface area contributed by atoms with Gasteiger partial charge < -0.3 is 11.1 Å². The SMILES string of the molecule is CC(CN)CC(=O)NC1CCCC(C)C1. The Kier molecular flexibility index (Phi) is 5.09. The van der Waals surface area contributed by atoms with Crippen LogP contribution in [0, 0.1) is 11.8 Å². The molecule has 3 heteroatoms. The number of carbonyl (C=O) groups is 1. The van der Waals surface area contributed by atoms with Crippen molar-refractivity contribution in [3.63, 3.8) is 0 Å². The first-order valence-electron chi connectivity index (χ1n) is 6.11. The Morgan fingerprint density at radius 2 is 2.27 bits per heavy atom. The first-order valence-corrected chi connectivity index (χ1v) is 6.11. The Hall–Kier alpha value is -0.570. The highest BCUT2D eigenvalue weighted by Crippen LogP contribution is 2.23. The van der Waals surface area contributed by atoms with E-state index >= 15 is 0 Å². The topological polar surface area (TPSA) is 55.1 Å². The summed E-state index contributed by atoms with van der Waals surface area (Å²) < 4.78 is 0. The summed E-state index contributed by atoms with van der Waals surface area (Å²) in [5.74, 6) is 1.23. The molecule has 0 aliphatic heterocycles. The molecule has 0 spiro atoms. The monoisotopic (exact) mass is 212 g/mol. The van der Waals surface area contributed by atoms with Crippen molar-refractivity contribution in [2.45, 2.75) is 52.0 Å². The smallest absolute Gasteiger partial charge is 0.220 e. The number of hydrogen-bond acceptors (Lipinski definition) is 2. The van der Waals surface area contributed by atoms with Crippen LogP contribution in [0.15, 0.2) is 0 Å². The molecule has 88 valence electrons. The third kappa shape index (κ3) is 4.65. The van der Waals surface area contributed by atoms with Gasteiger partial charge in [-0.1, -0.05) is 26.7 Å². The van der Waals surface area contributed by atoms with Gasteiger partial charge in [0.05, 0.1) is 0 Å². The van der Waals surface area contributed by atoms with Crippen LogP contribution in [0.5, 0.6) is 0 Å². The number of amides is 1. The molecule has 15 heavy (non-hydrogen) atoms. The second-order valence-corrected chi connectivity index (χ2v) is 5.08. The maximum absolute atomic E-state index is 11.6. The zero-order valence-electron chi connectivity index (χ0n) is 9.96. The minimum atomic E-state index is 0.173. The number of nitrogens with two attached hydrogens (primary N) is 1.